The third-order valence-electron chi connectivity index (χ3n) is 9.29. The van der Waals surface area contributed by atoms with E-state index in [1.165, 1.54) is 0 Å². The lowest BCUT2D eigenvalue weighted by molar-refractivity contribution is 0.0582. The van der Waals surface area contributed by atoms with Gasteiger partial charge >= 0.3 is 0 Å². The zero-order valence-electron chi connectivity index (χ0n) is 33.4. The molecule has 0 saturated heterocycles. The predicted octanol–water partition coefficient (Wildman–Crippen LogP) is 8.08. The Morgan fingerprint density at radius 3 is 1.90 bits per heavy atom. The monoisotopic (exact) mass is 799 g/mol. The molecule has 300 valence electrons. The fourth-order valence-electron chi connectivity index (χ4n) is 6.78. The Balaban J connectivity index is 0.000000134. The Kier molecular flexibility index (Phi) is 12.0. The van der Waals surface area contributed by atoms with Gasteiger partial charge in [0.15, 0.2) is 11.6 Å². The molecule has 0 unspecified atom stereocenters. The number of rotatable bonds is 10. The largest absolute Gasteiger partial charge is 0.389 e. The molecule has 0 radical (unpaired) electrons. The highest BCUT2D eigenvalue weighted by Gasteiger charge is 2.22. The number of aryl methyl sites for hydroxylation is 1. The second-order valence-corrected chi connectivity index (χ2v) is 15.5. The molecule has 6 heterocycles. The van der Waals surface area contributed by atoms with E-state index in [-0.39, 0.29) is 0 Å². The molecule has 6 aromatic heterocycles. The van der Waals surface area contributed by atoms with Crippen molar-refractivity contribution in [2.45, 2.75) is 72.8 Å². The normalized spacial score (nSPS) is 11.8. The molecule has 9 aromatic rings. The molecule has 0 saturated carbocycles. The molecule has 0 aliphatic heterocycles. The number of imidazole rings is 2. The number of hydrogen-bond acceptors (Lipinski definition) is 13. The smallest absolute Gasteiger partial charge is 0.152 e. The summed E-state index contributed by atoms with van der Waals surface area (Å²) in [6.45, 7) is 12.1. The minimum absolute atomic E-state index is 0.370. The number of ether oxygens (including phenoxy) is 2. The summed E-state index contributed by atoms with van der Waals surface area (Å²) in [5.41, 5.74) is 23.8. The van der Waals surface area contributed by atoms with E-state index < -0.39 is 5.60 Å². The highest BCUT2D eigenvalue weighted by atomic mass is 32.1. The molecular weight excluding hydrogens is 751 g/mol. The number of thiazole rings is 1. The summed E-state index contributed by atoms with van der Waals surface area (Å²) in [7, 11) is 0. The fourth-order valence-corrected chi connectivity index (χ4v) is 7.99. The molecule has 0 bridgehead atoms. The second-order valence-electron chi connectivity index (χ2n) is 14.4. The maximum atomic E-state index is 10.3. The van der Waals surface area contributed by atoms with E-state index in [9.17, 15) is 5.11 Å². The quantitative estimate of drug-likeness (QED) is 0.0888. The number of anilines is 3. The molecule has 15 heteroatoms. The summed E-state index contributed by atoms with van der Waals surface area (Å²) in [4.78, 5) is 30.1. The van der Waals surface area contributed by atoms with Crippen LogP contribution in [0, 0.1) is 0 Å². The summed E-state index contributed by atoms with van der Waals surface area (Å²) < 4.78 is 14.0. The number of nitrogens with one attached hydrogen (secondary N) is 1. The van der Waals surface area contributed by atoms with Crippen molar-refractivity contribution in [2.24, 2.45) is 0 Å². The lowest BCUT2D eigenvalue weighted by atomic mass is 10.1. The molecule has 0 fully saturated rings. The van der Waals surface area contributed by atoms with Gasteiger partial charge in [0.1, 0.15) is 52.7 Å². The van der Waals surface area contributed by atoms with Crippen LogP contribution in [-0.2, 0) is 35.7 Å². The second kappa shape index (κ2) is 17.2. The predicted molar refractivity (Wildman–Crippen MR) is 236 cm³/mol. The number of pyridine rings is 3. The topological polar surface area (TPSA) is 215 Å². The Bertz CT molecular complexity index is 2860. The minimum Gasteiger partial charge on any atom is -0.389 e. The highest BCUT2D eigenvalue weighted by Crippen LogP contribution is 2.33. The summed E-state index contributed by atoms with van der Waals surface area (Å²) in [5.74, 6) is 2.92. The minimum atomic E-state index is -0.881. The van der Waals surface area contributed by atoms with Crippen LogP contribution >= 0.6 is 11.3 Å². The average molecular weight is 800 g/mol. The molecule has 58 heavy (non-hydrogen) atoms. The number of nitrogens with two attached hydrogens (primary N) is 3. The first-order valence-corrected chi connectivity index (χ1v) is 20.2. The Labute approximate surface area is 339 Å². The van der Waals surface area contributed by atoms with Crippen LogP contribution in [0.2, 0.25) is 0 Å². The van der Waals surface area contributed by atoms with E-state index in [1.807, 2.05) is 85.1 Å². The van der Waals surface area contributed by atoms with E-state index in [2.05, 4.69) is 47.9 Å². The van der Waals surface area contributed by atoms with Gasteiger partial charge in [-0.3, -0.25) is 0 Å². The van der Waals surface area contributed by atoms with Crippen LogP contribution in [0.25, 0.3) is 65.0 Å². The fraction of sp³-hybridized carbons (Fsp3) is 0.302. The van der Waals surface area contributed by atoms with Crippen LogP contribution in [-0.4, -0.2) is 63.4 Å². The molecule has 0 aliphatic carbocycles. The number of aromatic amines is 1. The lowest BCUT2D eigenvalue weighted by Crippen LogP contribution is -2.27. The molecule has 14 nitrogen and oxygen atoms in total. The summed E-state index contributed by atoms with van der Waals surface area (Å²) in [6, 6.07) is 23.7. The van der Waals surface area contributed by atoms with Gasteiger partial charge < -0.3 is 41.3 Å². The zero-order valence-corrected chi connectivity index (χ0v) is 34.2. The molecule has 9 rings (SSSR count). The van der Waals surface area contributed by atoms with Crippen molar-refractivity contribution in [1.29, 1.82) is 0 Å². The molecular formula is C43H49N11O3S. The van der Waals surface area contributed by atoms with Crippen LogP contribution in [0.1, 0.15) is 57.7 Å². The number of aliphatic hydroxyl groups is 1. The number of hydrogen-bond donors (Lipinski definition) is 5. The number of nitrogens with zero attached hydrogens (tertiary/aromatic N) is 7. The summed E-state index contributed by atoms with van der Waals surface area (Å²) in [5, 5.41) is 14.6. The van der Waals surface area contributed by atoms with Gasteiger partial charge in [-0.05, 0) is 58.7 Å². The number of fused-ring (bicyclic) bond motifs is 9. The average Bonchev–Trinajstić information content (AvgIpc) is 3.94. The first kappa shape index (κ1) is 40.2. The Hall–Kier alpha value is -6.00. The third kappa shape index (κ3) is 8.48. The van der Waals surface area contributed by atoms with Crippen molar-refractivity contribution in [3.63, 3.8) is 0 Å². The van der Waals surface area contributed by atoms with Crippen LogP contribution in [0.15, 0.2) is 72.8 Å². The van der Waals surface area contributed by atoms with Crippen molar-refractivity contribution in [2.75, 3.05) is 30.4 Å². The van der Waals surface area contributed by atoms with E-state index in [0.717, 1.165) is 89.0 Å². The van der Waals surface area contributed by atoms with E-state index >= 15 is 0 Å². The number of H-pyrrole nitrogens is 1. The highest BCUT2D eigenvalue weighted by molar-refractivity contribution is 7.19. The number of para-hydroxylation sites is 3. The van der Waals surface area contributed by atoms with Crippen molar-refractivity contribution in [1.82, 2.24) is 39.5 Å². The van der Waals surface area contributed by atoms with E-state index in [4.69, 9.17) is 26.7 Å². The third-order valence-corrected chi connectivity index (χ3v) is 10.4. The molecule has 0 spiro atoms. The van der Waals surface area contributed by atoms with Crippen molar-refractivity contribution < 1.29 is 14.6 Å². The number of benzene rings is 3. The molecule has 0 aliphatic rings. The number of nitrogen functional groups attached to an aromatic ring is 3. The summed E-state index contributed by atoms with van der Waals surface area (Å²) >= 11 is 1.73. The van der Waals surface area contributed by atoms with E-state index in [1.54, 1.807) is 25.2 Å². The summed E-state index contributed by atoms with van der Waals surface area (Å²) in [6.07, 6.45) is 2.11. The molecule has 0 atom stereocenters. The standard InChI is InChI=1S/C17H22N4O2.C13H14N4O.C13H13N3S/c1-4-23-9-13-20-14-15(21(13)10-17(2,3)22)11-7-5-6-8-12(11)19-16(14)18;1-2-18-7-10-16-11-8-5-3-4-6-9(8)15-13(14)12(11)17-10;1-2-5-10-16-11-12(17-10)8-6-3-4-7-9(8)15-13(11)14/h5-8,22H,4,9-10H2,1-3H3,(H2,18,19);3-6H,2,7H2,1H3,(H2,14,15)(H,16,17);3-4,6-7H,2,5H2,1H3,(H2,14,15). The first-order chi connectivity index (χ1) is 28.0. The molecule has 3 aromatic carbocycles. The van der Waals surface area contributed by atoms with Crippen LogP contribution in [0.3, 0.4) is 0 Å². The van der Waals surface area contributed by atoms with Gasteiger partial charge in [0.25, 0.3) is 0 Å². The lowest BCUT2D eigenvalue weighted by Gasteiger charge is -2.20. The zero-order chi connectivity index (χ0) is 41.0. The maximum absolute atomic E-state index is 10.3. The maximum Gasteiger partial charge on any atom is 0.152 e. The Morgan fingerprint density at radius 1 is 0.672 bits per heavy atom. The Morgan fingerprint density at radius 2 is 1.24 bits per heavy atom. The van der Waals surface area contributed by atoms with Gasteiger partial charge in [-0.15, -0.1) is 11.3 Å². The van der Waals surface area contributed by atoms with Crippen molar-refractivity contribution in [3.8, 4) is 0 Å². The first-order valence-electron chi connectivity index (χ1n) is 19.4. The van der Waals surface area contributed by atoms with Gasteiger partial charge in [0.05, 0.1) is 43.9 Å². The SMILES string of the molecule is CCCc1nc2c(N)nc3ccccc3c2s1.CCOCc1nc2c(N)nc3ccccc3c2n1CC(C)(C)O.CCOCc1nc2c([nH]1)c(N)nc1ccccc12. The molecule has 8 N–H and O–H groups in total. The van der Waals surface area contributed by atoms with Crippen molar-refractivity contribution in [3.05, 3.63) is 89.5 Å². The van der Waals surface area contributed by atoms with Gasteiger partial charge in [-0.25, -0.2) is 29.9 Å². The van der Waals surface area contributed by atoms with Gasteiger partial charge in [-0.2, -0.15) is 0 Å². The van der Waals surface area contributed by atoms with Gasteiger partial charge in [0, 0.05) is 29.4 Å². The van der Waals surface area contributed by atoms with Crippen molar-refractivity contribution >= 4 is 93.8 Å². The van der Waals surface area contributed by atoms with Crippen LogP contribution < -0.4 is 17.2 Å². The molecule has 0 amide bonds. The van der Waals surface area contributed by atoms with E-state index in [0.29, 0.717) is 55.9 Å². The van der Waals surface area contributed by atoms with Crippen LogP contribution in [0.5, 0.6) is 0 Å². The van der Waals surface area contributed by atoms with Crippen LogP contribution in [0.4, 0.5) is 17.5 Å². The number of aromatic nitrogens is 8. The van der Waals surface area contributed by atoms with Gasteiger partial charge in [0.2, 0.25) is 0 Å². The van der Waals surface area contributed by atoms with Gasteiger partial charge in [-0.1, -0.05) is 61.5 Å².